The van der Waals surface area contributed by atoms with Crippen molar-refractivity contribution in [3.05, 3.63) is 56.5 Å². The quantitative estimate of drug-likeness (QED) is 0.353. The van der Waals surface area contributed by atoms with E-state index in [-0.39, 0.29) is 28.6 Å². The molecular formula is C19H18N4O7. The number of fused-ring (bicyclic) bond motifs is 1. The number of nitrogens with zero attached hydrogens (tertiary/aromatic N) is 3. The molecule has 0 aliphatic heterocycles. The lowest BCUT2D eigenvalue weighted by atomic mass is 10.2. The summed E-state index contributed by atoms with van der Waals surface area (Å²) in [6.45, 7) is -0.459. The summed E-state index contributed by atoms with van der Waals surface area (Å²) in [5, 5.41) is 13.9. The van der Waals surface area contributed by atoms with Gasteiger partial charge in [-0.25, -0.2) is 4.79 Å². The van der Waals surface area contributed by atoms with Gasteiger partial charge in [-0.05, 0) is 24.3 Å². The van der Waals surface area contributed by atoms with Crippen LogP contribution in [0.15, 0.2) is 35.1 Å². The number of benzene rings is 2. The normalized spacial score (nSPS) is 10.6. The molecule has 0 saturated heterocycles. The Hall–Kier alpha value is -4.15. The predicted molar refractivity (Wildman–Crippen MR) is 107 cm³/mol. The van der Waals surface area contributed by atoms with E-state index >= 15 is 0 Å². The lowest BCUT2D eigenvalue weighted by molar-refractivity contribution is -0.383. The molecule has 0 aliphatic rings. The molecule has 0 spiro atoms. The van der Waals surface area contributed by atoms with Crippen molar-refractivity contribution in [1.29, 1.82) is 0 Å². The molecule has 3 aromatic rings. The van der Waals surface area contributed by atoms with Gasteiger partial charge in [0.1, 0.15) is 12.0 Å². The van der Waals surface area contributed by atoms with Crippen LogP contribution in [0.4, 0.5) is 11.4 Å². The summed E-state index contributed by atoms with van der Waals surface area (Å²) in [7, 11) is 4.42. The molecule has 11 heteroatoms. The van der Waals surface area contributed by atoms with E-state index in [9.17, 15) is 24.5 Å². The Labute approximate surface area is 169 Å². The number of rotatable bonds is 7. The number of amides is 1. The minimum absolute atomic E-state index is 0.0643. The fraction of sp³-hybridized carbons (Fsp3) is 0.211. The summed E-state index contributed by atoms with van der Waals surface area (Å²) in [6, 6.07) is 7.02. The Morgan fingerprint density at radius 3 is 2.43 bits per heavy atom. The molecule has 0 aliphatic carbocycles. The van der Waals surface area contributed by atoms with Crippen LogP contribution < -0.4 is 20.5 Å². The highest BCUT2D eigenvalue weighted by molar-refractivity contribution is 5.97. The number of hydrogen-bond acceptors (Lipinski definition) is 7. The van der Waals surface area contributed by atoms with E-state index in [2.05, 4.69) is 5.32 Å². The zero-order valence-corrected chi connectivity index (χ0v) is 16.4. The van der Waals surface area contributed by atoms with Crippen LogP contribution in [-0.2, 0) is 18.9 Å². The number of imidazole rings is 1. The van der Waals surface area contributed by atoms with Crippen LogP contribution in [-0.4, -0.2) is 40.0 Å². The van der Waals surface area contributed by atoms with Gasteiger partial charge in [-0.15, -0.1) is 0 Å². The van der Waals surface area contributed by atoms with Crippen molar-refractivity contribution in [1.82, 2.24) is 9.13 Å². The van der Waals surface area contributed by atoms with E-state index < -0.39 is 17.4 Å². The number of aromatic nitrogens is 2. The smallest absolute Gasteiger partial charge is 0.328 e. The number of carbonyl (C=O) groups excluding carboxylic acids is 2. The SMILES string of the molecule is COc1cc(C=O)ccc1OCC(=O)Nc1cc2c(cc1[N+](=O)[O-])n(C)c(=O)n2C. The Kier molecular flexibility index (Phi) is 5.54. The summed E-state index contributed by atoms with van der Waals surface area (Å²) in [5.74, 6) is -0.160. The molecule has 0 bridgehead atoms. The van der Waals surface area contributed by atoms with Crippen LogP contribution in [0.3, 0.4) is 0 Å². The van der Waals surface area contributed by atoms with Gasteiger partial charge in [-0.3, -0.25) is 28.8 Å². The standard InChI is InChI=1S/C19H18N4O7/c1-21-14-7-12(13(23(27)28)8-15(14)22(2)19(21)26)20-18(25)10-30-16-5-4-11(9-24)6-17(16)29-3/h4-9H,10H2,1-3H3,(H,20,25). The Bertz CT molecular complexity index is 1230. The molecule has 0 fully saturated rings. The molecule has 1 heterocycles. The molecule has 3 rings (SSSR count). The largest absolute Gasteiger partial charge is 0.493 e. The molecule has 11 nitrogen and oxygen atoms in total. The van der Waals surface area contributed by atoms with E-state index in [0.717, 1.165) is 0 Å². The van der Waals surface area contributed by atoms with Crippen LogP contribution in [0.25, 0.3) is 11.0 Å². The Balaban J connectivity index is 1.85. The van der Waals surface area contributed by atoms with Gasteiger partial charge in [0.25, 0.3) is 11.6 Å². The van der Waals surface area contributed by atoms with Crippen LogP contribution >= 0.6 is 0 Å². The second kappa shape index (κ2) is 8.07. The number of nitro groups is 1. The number of aldehydes is 1. The molecule has 156 valence electrons. The first kappa shape index (κ1) is 20.6. The van der Waals surface area contributed by atoms with E-state index in [1.54, 1.807) is 0 Å². The minimum Gasteiger partial charge on any atom is -0.493 e. The summed E-state index contributed by atoms with van der Waals surface area (Å²) in [6.07, 6.45) is 0.644. The number of nitro benzene ring substituents is 1. The average molecular weight is 414 g/mol. The van der Waals surface area contributed by atoms with Crippen molar-refractivity contribution in [3.8, 4) is 11.5 Å². The number of carbonyl (C=O) groups is 2. The van der Waals surface area contributed by atoms with Gasteiger partial charge in [-0.2, -0.15) is 0 Å². The first-order chi connectivity index (χ1) is 14.3. The maximum absolute atomic E-state index is 12.3. The van der Waals surface area contributed by atoms with Gasteiger partial charge < -0.3 is 14.8 Å². The highest BCUT2D eigenvalue weighted by atomic mass is 16.6. The summed E-state index contributed by atoms with van der Waals surface area (Å²) in [5.41, 5.74) is 0.396. The summed E-state index contributed by atoms with van der Waals surface area (Å²) < 4.78 is 13.1. The number of nitrogens with one attached hydrogen (secondary N) is 1. The molecule has 1 N–H and O–H groups in total. The van der Waals surface area contributed by atoms with E-state index in [1.165, 1.54) is 60.7 Å². The highest BCUT2D eigenvalue weighted by Crippen LogP contribution is 2.30. The lowest BCUT2D eigenvalue weighted by Gasteiger charge is -2.11. The monoisotopic (exact) mass is 414 g/mol. The third kappa shape index (κ3) is 3.72. The molecule has 0 atom stereocenters. The van der Waals surface area contributed by atoms with Crippen molar-refractivity contribution in [2.45, 2.75) is 0 Å². The molecule has 0 unspecified atom stereocenters. The van der Waals surface area contributed by atoms with Crippen LogP contribution in [0, 0.1) is 10.1 Å². The van der Waals surface area contributed by atoms with Crippen LogP contribution in [0.1, 0.15) is 10.4 Å². The van der Waals surface area contributed by atoms with Crippen LogP contribution in [0.2, 0.25) is 0 Å². The molecule has 1 amide bonds. The summed E-state index contributed by atoms with van der Waals surface area (Å²) >= 11 is 0. The second-order valence-corrected chi connectivity index (χ2v) is 6.38. The third-order valence-electron chi connectivity index (χ3n) is 4.54. The zero-order valence-electron chi connectivity index (χ0n) is 16.4. The Morgan fingerprint density at radius 1 is 1.17 bits per heavy atom. The van der Waals surface area contributed by atoms with E-state index in [4.69, 9.17) is 9.47 Å². The summed E-state index contributed by atoms with van der Waals surface area (Å²) in [4.78, 5) is 46.1. The third-order valence-corrected chi connectivity index (χ3v) is 4.54. The molecule has 30 heavy (non-hydrogen) atoms. The first-order valence-corrected chi connectivity index (χ1v) is 8.66. The fourth-order valence-corrected chi connectivity index (χ4v) is 2.99. The first-order valence-electron chi connectivity index (χ1n) is 8.66. The average Bonchev–Trinajstić information content (AvgIpc) is 2.95. The molecule has 0 radical (unpaired) electrons. The Morgan fingerprint density at radius 2 is 1.83 bits per heavy atom. The van der Waals surface area contributed by atoms with Crippen LogP contribution in [0.5, 0.6) is 11.5 Å². The van der Waals surface area contributed by atoms with Crippen molar-refractivity contribution < 1.29 is 24.0 Å². The second-order valence-electron chi connectivity index (χ2n) is 6.38. The molecule has 2 aromatic carbocycles. The van der Waals surface area contributed by atoms with Crippen molar-refractivity contribution in [3.63, 3.8) is 0 Å². The number of hydrogen-bond donors (Lipinski definition) is 1. The van der Waals surface area contributed by atoms with Crippen molar-refractivity contribution >= 4 is 34.6 Å². The minimum atomic E-state index is -0.653. The number of ether oxygens (including phenoxy) is 2. The maximum Gasteiger partial charge on any atom is 0.328 e. The van der Waals surface area contributed by atoms with Gasteiger partial charge in [0.2, 0.25) is 0 Å². The van der Waals surface area contributed by atoms with E-state index in [1.807, 2.05) is 0 Å². The predicted octanol–water partition coefficient (Wildman–Crippen LogP) is 1.62. The fourth-order valence-electron chi connectivity index (χ4n) is 2.99. The van der Waals surface area contributed by atoms with Crippen molar-refractivity contribution in [2.24, 2.45) is 14.1 Å². The number of aryl methyl sites for hydroxylation is 2. The van der Waals surface area contributed by atoms with Gasteiger partial charge in [0.05, 0.1) is 23.1 Å². The van der Waals surface area contributed by atoms with Gasteiger partial charge in [0, 0.05) is 25.7 Å². The molecular weight excluding hydrogens is 396 g/mol. The van der Waals surface area contributed by atoms with Gasteiger partial charge >= 0.3 is 5.69 Å². The maximum atomic E-state index is 12.3. The lowest BCUT2D eigenvalue weighted by Crippen LogP contribution is -2.21. The number of methoxy groups -OCH3 is 1. The topological polar surface area (TPSA) is 135 Å². The van der Waals surface area contributed by atoms with E-state index in [0.29, 0.717) is 22.9 Å². The highest BCUT2D eigenvalue weighted by Gasteiger charge is 2.21. The van der Waals surface area contributed by atoms with Gasteiger partial charge in [-0.1, -0.05) is 0 Å². The molecule has 0 saturated carbocycles. The van der Waals surface area contributed by atoms with Gasteiger partial charge in [0.15, 0.2) is 18.1 Å². The molecule has 1 aromatic heterocycles. The van der Waals surface area contributed by atoms with Crippen molar-refractivity contribution in [2.75, 3.05) is 19.0 Å². The number of anilines is 1. The zero-order chi connectivity index (χ0) is 22.0.